The second-order valence-electron chi connectivity index (χ2n) is 5.45. The summed E-state index contributed by atoms with van der Waals surface area (Å²) in [6, 6.07) is 6.38. The number of aromatic nitrogens is 2. The molecule has 1 aromatic heterocycles. The summed E-state index contributed by atoms with van der Waals surface area (Å²) in [5.41, 5.74) is 0.219. The first-order chi connectivity index (χ1) is 9.33. The molecular weight excluding hydrogens is 277 g/mol. The fraction of sp³-hybridized carbons (Fsp3) is 0.429. The standard InChI is InChI=1S/C14H18FN3OS/c1-14(2,19)9-18(3)13-17-16-12(20-13)8-10-4-6-11(15)7-5-10/h4-7,19H,8-9H2,1-3H3. The highest BCUT2D eigenvalue weighted by molar-refractivity contribution is 7.15. The summed E-state index contributed by atoms with van der Waals surface area (Å²) in [5.74, 6) is -0.239. The van der Waals surface area contributed by atoms with Gasteiger partial charge in [0.15, 0.2) is 0 Å². The number of halogens is 1. The Morgan fingerprint density at radius 1 is 1.25 bits per heavy atom. The summed E-state index contributed by atoms with van der Waals surface area (Å²) in [7, 11) is 1.88. The second-order valence-corrected chi connectivity index (χ2v) is 6.49. The van der Waals surface area contributed by atoms with E-state index in [4.69, 9.17) is 0 Å². The summed E-state index contributed by atoms with van der Waals surface area (Å²) in [4.78, 5) is 1.88. The van der Waals surface area contributed by atoms with Crippen LogP contribution in [-0.2, 0) is 6.42 Å². The Balaban J connectivity index is 2.03. The average Bonchev–Trinajstić information content (AvgIpc) is 2.79. The van der Waals surface area contributed by atoms with Crippen molar-refractivity contribution in [1.82, 2.24) is 10.2 Å². The van der Waals surface area contributed by atoms with E-state index >= 15 is 0 Å². The van der Waals surface area contributed by atoms with Crippen LogP contribution >= 0.6 is 11.3 Å². The molecule has 0 atom stereocenters. The molecule has 108 valence electrons. The molecule has 0 aliphatic heterocycles. The maximum Gasteiger partial charge on any atom is 0.208 e. The summed E-state index contributed by atoms with van der Waals surface area (Å²) in [5, 5.41) is 19.7. The third kappa shape index (κ3) is 4.25. The molecule has 0 aliphatic rings. The van der Waals surface area contributed by atoms with Gasteiger partial charge in [-0.05, 0) is 31.5 Å². The van der Waals surface area contributed by atoms with Crippen LogP contribution in [0.1, 0.15) is 24.4 Å². The highest BCUT2D eigenvalue weighted by Crippen LogP contribution is 2.22. The van der Waals surface area contributed by atoms with E-state index in [9.17, 15) is 9.50 Å². The number of likely N-dealkylation sites (N-methyl/N-ethyl adjacent to an activating group) is 1. The molecule has 0 spiro atoms. The van der Waals surface area contributed by atoms with Crippen LogP contribution in [0.2, 0.25) is 0 Å². The Labute approximate surface area is 121 Å². The minimum Gasteiger partial charge on any atom is -0.389 e. The average molecular weight is 295 g/mol. The van der Waals surface area contributed by atoms with Crippen LogP contribution in [0.5, 0.6) is 0 Å². The quantitative estimate of drug-likeness (QED) is 0.920. The maximum absolute atomic E-state index is 12.8. The van der Waals surface area contributed by atoms with Gasteiger partial charge in [-0.15, -0.1) is 10.2 Å². The zero-order valence-corrected chi connectivity index (χ0v) is 12.6. The second kappa shape index (κ2) is 5.85. The van der Waals surface area contributed by atoms with Crippen molar-refractivity contribution in [3.05, 3.63) is 40.7 Å². The molecule has 0 saturated heterocycles. The molecule has 0 amide bonds. The smallest absolute Gasteiger partial charge is 0.208 e. The zero-order chi connectivity index (χ0) is 14.8. The van der Waals surface area contributed by atoms with E-state index in [1.54, 1.807) is 26.0 Å². The lowest BCUT2D eigenvalue weighted by Crippen LogP contribution is -2.36. The fourth-order valence-corrected chi connectivity index (χ4v) is 2.73. The van der Waals surface area contributed by atoms with Gasteiger partial charge in [0, 0.05) is 20.0 Å². The van der Waals surface area contributed by atoms with Crippen LogP contribution in [0.3, 0.4) is 0 Å². The first-order valence-electron chi connectivity index (χ1n) is 6.34. The van der Waals surface area contributed by atoms with E-state index in [-0.39, 0.29) is 5.82 Å². The highest BCUT2D eigenvalue weighted by atomic mass is 32.1. The molecule has 1 heterocycles. The molecule has 1 aromatic carbocycles. The monoisotopic (exact) mass is 295 g/mol. The van der Waals surface area contributed by atoms with E-state index in [1.165, 1.54) is 23.5 Å². The predicted molar refractivity (Wildman–Crippen MR) is 78.7 cm³/mol. The fourth-order valence-electron chi connectivity index (χ4n) is 1.90. The molecule has 20 heavy (non-hydrogen) atoms. The van der Waals surface area contributed by atoms with Gasteiger partial charge in [-0.25, -0.2) is 4.39 Å². The van der Waals surface area contributed by atoms with Crippen molar-refractivity contribution < 1.29 is 9.50 Å². The van der Waals surface area contributed by atoms with E-state index in [1.807, 2.05) is 11.9 Å². The van der Waals surface area contributed by atoms with E-state index in [0.29, 0.717) is 13.0 Å². The van der Waals surface area contributed by atoms with Crippen LogP contribution < -0.4 is 4.90 Å². The van der Waals surface area contributed by atoms with Crippen molar-refractivity contribution in [2.24, 2.45) is 0 Å². The normalized spacial score (nSPS) is 11.7. The van der Waals surface area contributed by atoms with Crippen LogP contribution in [0.4, 0.5) is 9.52 Å². The Hall–Kier alpha value is -1.53. The largest absolute Gasteiger partial charge is 0.389 e. The van der Waals surface area contributed by atoms with Crippen LogP contribution in [-0.4, -0.2) is 34.5 Å². The topological polar surface area (TPSA) is 49.2 Å². The third-order valence-electron chi connectivity index (χ3n) is 2.68. The molecule has 4 nitrogen and oxygen atoms in total. The van der Waals surface area contributed by atoms with Crippen molar-refractivity contribution >= 4 is 16.5 Å². The molecule has 0 unspecified atom stereocenters. The molecule has 6 heteroatoms. The molecule has 0 fully saturated rings. The van der Waals surface area contributed by atoms with Crippen molar-refractivity contribution in [2.75, 3.05) is 18.5 Å². The number of benzene rings is 1. The van der Waals surface area contributed by atoms with Crippen molar-refractivity contribution in [1.29, 1.82) is 0 Å². The lowest BCUT2D eigenvalue weighted by atomic mass is 10.1. The van der Waals surface area contributed by atoms with Gasteiger partial charge in [-0.3, -0.25) is 0 Å². The number of hydrogen-bond donors (Lipinski definition) is 1. The Morgan fingerprint density at radius 3 is 2.50 bits per heavy atom. The minimum absolute atomic E-state index is 0.239. The molecule has 0 aliphatic carbocycles. The molecule has 1 N–H and O–H groups in total. The summed E-state index contributed by atoms with van der Waals surface area (Å²) >= 11 is 1.48. The lowest BCUT2D eigenvalue weighted by Gasteiger charge is -2.24. The van der Waals surface area contributed by atoms with Gasteiger partial charge in [0.05, 0.1) is 5.60 Å². The molecule has 0 bridgehead atoms. The molecule has 0 saturated carbocycles. The maximum atomic E-state index is 12.8. The van der Waals surface area contributed by atoms with Gasteiger partial charge in [0.2, 0.25) is 5.13 Å². The highest BCUT2D eigenvalue weighted by Gasteiger charge is 2.18. The van der Waals surface area contributed by atoms with Gasteiger partial charge in [0.1, 0.15) is 10.8 Å². The lowest BCUT2D eigenvalue weighted by molar-refractivity contribution is 0.0886. The Bertz CT molecular complexity index is 563. The summed E-state index contributed by atoms with van der Waals surface area (Å²) < 4.78 is 12.8. The first kappa shape index (κ1) is 14.9. The SMILES string of the molecule is CN(CC(C)(C)O)c1nnc(Cc2ccc(F)cc2)s1. The predicted octanol–water partition coefficient (Wildman–Crippen LogP) is 2.48. The van der Waals surface area contributed by atoms with Crippen molar-refractivity contribution in [2.45, 2.75) is 25.9 Å². The van der Waals surface area contributed by atoms with Gasteiger partial charge < -0.3 is 10.0 Å². The Kier molecular flexibility index (Phi) is 4.35. The van der Waals surface area contributed by atoms with E-state index in [2.05, 4.69) is 10.2 Å². The number of anilines is 1. The zero-order valence-electron chi connectivity index (χ0n) is 11.8. The number of rotatable bonds is 5. The molecular formula is C14H18FN3OS. The summed E-state index contributed by atoms with van der Waals surface area (Å²) in [6.45, 7) is 3.99. The first-order valence-corrected chi connectivity index (χ1v) is 7.15. The summed E-state index contributed by atoms with van der Waals surface area (Å²) in [6.07, 6.45) is 0.633. The van der Waals surface area contributed by atoms with Crippen molar-refractivity contribution in [3.8, 4) is 0 Å². The minimum atomic E-state index is -0.780. The van der Waals surface area contributed by atoms with E-state index in [0.717, 1.165) is 15.7 Å². The van der Waals surface area contributed by atoms with E-state index < -0.39 is 5.60 Å². The van der Waals surface area contributed by atoms with Gasteiger partial charge in [-0.1, -0.05) is 23.5 Å². The number of aliphatic hydroxyl groups is 1. The Morgan fingerprint density at radius 2 is 1.90 bits per heavy atom. The molecule has 0 radical (unpaired) electrons. The van der Waals surface area contributed by atoms with Gasteiger partial charge >= 0.3 is 0 Å². The van der Waals surface area contributed by atoms with Crippen molar-refractivity contribution in [3.63, 3.8) is 0 Å². The van der Waals surface area contributed by atoms with Crippen LogP contribution in [0.15, 0.2) is 24.3 Å². The third-order valence-corrected chi connectivity index (χ3v) is 3.71. The number of hydrogen-bond acceptors (Lipinski definition) is 5. The van der Waals surface area contributed by atoms with Crippen LogP contribution in [0.25, 0.3) is 0 Å². The number of nitrogens with zero attached hydrogens (tertiary/aromatic N) is 3. The van der Waals surface area contributed by atoms with Crippen LogP contribution in [0, 0.1) is 5.82 Å². The van der Waals surface area contributed by atoms with Gasteiger partial charge in [0.25, 0.3) is 0 Å². The molecule has 2 aromatic rings. The van der Waals surface area contributed by atoms with Gasteiger partial charge in [-0.2, -0.15) is 0 Å². The molecule has 2 rings (SSSR count).